The number of halogens is 3. The van der Waals surface area contributed by atoms with Crippen molar-refractivity contribution in [1.82, 2.24) is 0 Å². The lowest BCUT2D eigenvalue weighted by Gasteiger charge is -2.16. The quantitative estimate of drug-likeness (QED) is 0.371. The zero-order valence-electron chi connectivity index (χ0n) is 16.2. The third-order valence-electron chi connectivity index (χ3n) is 4.58. The molecule has 0 aliphatic carbocycles. The van der Waals surface area contributed by atoms with E-state index in [0.717, 1.165) is 6.42 Å². The van der Waals surface area contributed by atoms with Gasteiger partial charge >= 0.3 is 5.97 Å². The van der Waals surface area contributed by atoms with Crippen LogP contribution in [0.3, 0.4) is 0 Å². The van der Waals surface area contributed by atoms with Gasteiger partial charge in [-0.25, -0.2) is 4.79 Å². The molecule has 1 aromatic heterocycles. The monoisotopic (exact) mass is 471 g/mol. The van der Waals surface area contributed by atoms with Gasteiger partial charge in [0.2, 0.25) is 11.2 Å². The molecule has 0 saturated heterocycles. The third-order valence-corrected chi connectivity index (χ3v) is 5.11. The van der Waals surface area contributed by atoms with Crippen LogP contribution < -0.4 is 20.6 Å². The molecule has 2 aromatic carbocycles. The number of esters is 1. The van der Waals surface area contributed by atoms with Crippen LogP contribution in [0.25, 0.3) is 11.0 Å². The summed E-state index contributed by atoms with van der Waals surface area (Å²) in [6, 6.07) is 8.37. The summed E-state index contributed by atoms with van der Waals surface area (Å²) < 4.78 is 16.4. The minimum atomic E-state index is -0.734. The Labute approximate surface area is 189 Å². The van der Waals surface area contributed by atoms with Crippen LogP contribution in [0.1, 0.15) is 20.3 Å². The number of ether oxygens (including phenoxy) is 2. The fraction of sp³-hybridized carbons (Fsp3) is 0.238. The second-order valence-corrected chi connectivity index (χ2v) is 7.44. The number of fused-ring (bicyclic) bond motifs is 1. The van der Waals surface area contributed by atoms with Crippen LogP contribution >= 0.6 is 35.6 Å². The molecule has 6 nitrogen and oxygen atoms in total. The number of rotatable bonds is 6. The van der Waals surface area contributed by atoms with E-state index in [-0.39, 0.29) is 51.6 Å². The van der Waals surface area contributed by atoms with Crippen molar-refractivity contribution in [1.29, 1.82) is 0 Å². The van der Waals surface area contributed by atoms with Gasteiger partial charge in [0.05, 0.1) is 10.4 Å². The van der Waals surface area contributed by atoms with Crippen molar-refractivity contribution < 1.29 is 18.7 Å². The largest absolute Gasteiger partial charge is 0.460 e. The molecule has 0 radical (unpaired) electrons. The molecule has 160 valence electrons. The molecule has 0 bridgehead atoms. The van der Waals surface area contributed by atoms with Gasteiger partial charge in [-0.2, -0.15) is 0 Å². The van der Waals surface area contributed by atoms with Gasteiger partial charge in [0.25, 0.3) is 0 Å². The van der Waals surface area contributed by atoms with Crippen molar-refractivity contribution in [2.45, 2.75) is 26.3 Å². The first-order valence-corrected chi connectivity index (χ1v) is 9.71. The van der Waals surface area contributed by atoms with Crippen molar-refractivity contribution in [3.63, 3.8) is 0 Å². The van der Waals surface area contributed by atoms with Gasteiger partial charge in [-0.3, -0.25) is 4.79 Å². The Morgan fingerprint density at radius 2 is 1.90 bits per heavy atom. The second-order valence-electron chi connectivity index (χ2n) is 6.60. The molecule has 1 unspecified atom stereocenters. The standard InChI is InChI=1S/C21H19Cl2NO5.ClH/c1-3-11(2)19(24)21(26)28-13-5-6-14-17(9-13)27-10-18(20(14)25)29-16-7-4-12(22)8-15(16)23;/h4-11,19H,3,24H2,1-2H3;1H/t11?,19-;/m1./s1. The molecule has 0 saturated carbocycles. The van der Waals surface area contributed by atoms with E-state index in [4.69, 9.17) is 42.8 Å². The normalized spacial score (nSPS) is 12.7. The topological polar surface area (TPSA) is 91.8 Å². The molecule has 0 aliphatic heterocycles. The highest BCUT2D eigenvalue weighted by Gasteiger charge is 2.22. The molecule has 0 fully saturated rings. The molecule has 30 heavy (non-hydrogen) atoms. The van der Waals surface area contributed by atoms with E-state index < -0.39 is 17.4 Å². The summed E-state index contributed by atoms with van der Waals surface area (Å²) in [4.78, 5) is 24.8. The number of nitrogens with two attached hydrogens (primary N) is 1. The fourth-order valence-corrected chi connectivity index (χ4v) is 3.02. The second kappa shape index (κ2) is 10.2. The first kappa shape index (κ1) is 24.0. The molecule has 2 atom stereocenters. The highest BCUT2D eigenvalue weighted by molar-refractivity contribution is 6.35. The fourth-order valence-electron chi connectivity index (χ4n) is 2.57. The van der Waals surface area contributed by atoms with Crippen LogP contribution in [0.4, 0.5) is 0 Å². The molecular weight excluding hydrogens is 453 g/mol. The van der Waals surface area contributed by atoms with E-state index in [1.165, 1.54) is 30.5 Å². The van der Waals surface area contributed by atoms with E-state index in [2.05, 4.69) is 0 Å². The maximum absolute atomic E-state index is 12.7. The Bertz CT molecular complexity index is 1120. The van der Waals surface area contributed by atoms with Crippen molar-refractivity contribution in [2.75, 3.05) is 0 Å². The predicted molar refractivity (Wildman–Crippen MR) is 119 cm³/mol. The Hall–Kier alpha value is -2.25. The average Bonchev–Trinajstić information content (AvgIpc) is 2.70. The summed E-state index contributed by atoms with van der Waals surface area (Å²) in [5.74, 6) is -0.0879. The van der Waals surface area contributed by atoms with Crippen LogP contribution in [0.15, 0.2) is 51.9 Å². The molecule has 2 N–H and O–H groups in total. The maximum atomic E-state index is 12.7. The zero-order chi connectivity index (χ0) is 21.1. The third kappa shape index (κ3) is 5.26. The average molecular weight is 473 g/mol. The smallest absolute Gasteiger partial charge is 0.328 e. The van der Waals surface area contributed by atoms with Crippen LogP contribution in [0.5, 0.6) is 17.2 Å². The molecule has 0 spiro atoms. The number of hydrogen-bond donors (Lipinski definition) is 1. The molecule has 1 heterocycles. The van der Waals surface area contributed by atoms with Crippen LogP contribution in [0.2, 0.25) is 10.0 Å². The number of carbonyl (C=O) groups is 1. The summed E-state index contributed by atoms with van der Waals surface area (Å²) in [6.45, 7) is 3.82. The highest BCUT2D eigenvalue weighted by Crippen LogP contribution is 2.31. The van der Waals surface area contributed by atoms with E-state index in [0.29, 0.717) is 5.02 Å². The maximum Gasteiger partial charge on any atom is 0.328 e. The van der Waals surface area contributed by atoms with E-state index >= 15 is 0 Å². The minimum Gasteiger partial charge on any atom is -0.460 e. The molecular formula is C21H20Cl3NO5. The highest BCUT2D eigenvalue weighted by atomic mass is 35.5. The number of carbonyl (C=O) groups excluding carboxylic acids is 1. The van der Waals surface area contributed by atoms with Gasteiger partial charge in [0.1, 0.15) is 29.4 Å². The molecule has 3 rings (SSSR count). The first-order chi connectivity index (χ1) is 13.8. The molecule has 3 aromatic rings. The summed E-state index contributed by atoms with van der Waals surface area (Å²) in [5, 5.41) is 0.971. The van der Waals surface area contributed by atoms with Crippen LogP contribution in [-0.2, 0) is 4.79 Å². The van der Waals surface area contributed by atoms with Crippen molar-refractivity contribution in [3.8, 4) is 17.2 Å². The SMILES string of the molecule is CCC(C)[C@@H](N)C(=O)Oc1ccc2c(=O)c(Oc3ccc(Cl)cc3Cl)coc2c1.Cl. The molecule has 9 heteroatoms. The van der Waals surface area contributed by atoms with Crippen molar-refractivity contribution >= 4 is 52.5 Å². The van der Waals surface area contributed by atoms with Crippen LogP contribution in [0, 0.1) is 5.92 Å². The van der Waals surface area contributed by atoms with Crippen LogP contribution in [-0.4, -0.2) is 12.0 Å². The lowest BCUT2D eigenvalue weighted by Crippen LogP contribution is -2.39. The van der Waals surface area contributed by atoms with Gasteiger partial charge in [-0.15, -0.1) is 12.4 Å². The Kier molecular flexibility index (Phi) is 8.15. The van der Waals surface area contributed by atoms with E-state index in [1.54, 1.807) is 12.1 Å². The van der Waals surface area contributed by atoms with Crippen molar-refractivity contribution in [3.05, 3.63) is 62.9 Å². The Morgan fingerprint density at radius 3 is 2.57 bits per heavy atom. The number of hydrogen-bond acceptors (Lipinski definition) is 6. The number of benzene rings is 2. The lowest BCUT2D eigenvalue weighted by atomic mass is 10.0. The lowest BCUT2D eigenvalue weighted by molar-refractivity contribution is -0.137. The van der Waals surface area contributed by atoms with Gasteiger partial charge in [-0.05, 0) is 36.2 Å². The van der Waals surface area contributed by atoms with Crippen molar-refractivity contribution in [2.24, 2.45) is 11.7 Å². The first-order valence-electron chi connectivity index (χ1n) is 8.96. The van der Waals surface area contributed by atoms with Gasteiger partial charge < -0.3 is 19.6 Å². The summed E-state index contributed by atoms with van der Waals surface area (Å²) >= 11 is 11.9. The molecule has 0 aliphatic rings. The van der Waals surface area contributed by atoms with Gasteiger partial charge in [-0.1, -0.05) is 43.5 Å². The Morgan fingerprint density at radius 1 is 1.17 bits per heavy atom. The van der Waals surface area contributed by atoms with E-state index in [9.17, 15) is 9.59 Å². The van der Waals surface area contributed by atoms with E-state index in [1.807, 2.05) is 13.8 Å². The zero-order valence-corrected chi connectivity index (χ0v) is 18.5. The minimum absolute atomic E-state index is 0. The molecule has 0 amide bonds. The predicted octanol–water partition coefficient (Wildman–Crippen LogP) is 5.59. The summed E-state index contributed by atoms with van der Waals surface area (Å²) in [7, 11) is 0. The Balaban J connectivity index is 0.00000320. The summed E-state index contributed by atoms with van der Waals surface area (Å²) in [5.41, 5.74) is 5.73. The summed E-state index contributed by atoms with van der Waals surface area (Å²) in [6.07, 6.45) is 1.93. The van der Waals surface area contributed by atoms with Gasteiger partial charge in [0, 0.05) is 11.1 Å². The van der Waals surface area contributed by atoms with Gasteiger partial charge in [0.15, 0.2) is 0 Å².